The van der Waals surface area contributed by atoms with Crippen molar-refractivity contribution >= 4 is 5.97 Å². The van der Waals surface area contributed by atoms with Gasteiger partial charge in [-0.05, 0) is 27.7 Å². The summed E-state index contributed by atoms with van der Waals surface area (Å²) < 4.78 is 4.41. The summed E-state index contributed by atoms with van der Waals surface area (Å²) in [4.78, 5) is 10.3. The predicted molar refractivity (Wildman–Crippen MR) is 51.7 cm³/mol. The molecule has 0 saturated heterocycles. The second-order valence-corrected chi connectivity index (χ2v) is 2.91. The molecular formula is C9H20O5. The maximum atomic E-state index is 10.3. The zero-order chi connectivity index (χ0) is 11.7. The molecule has 0 aliphatic rings. The van der Waals surface area contributed by atoms with Gasteiger partial charge in [-0.2, -0.15) is 0 Å². The van der Waals surface area contributed by atoms with Crippen molar-refractivity contribution in [3.05, 3.63) is 0 Å². The molecule has 5 nitrogen and oxygen atoms in total. The fraction of sp³-hybridized carbons (Fsp3) is 0.889. The molecule has 0 aliphatic heterocycles. The van der Waals surface area contributed by atoms with Gasteiger partial charge < -0.3 is 20.1 Å². The lowest BCUT2D eigenvalue weighted by atomic mass is 10.3. The molecule has 0 aromatic rings. The van der Waals surface area contributed by atoms with Crippen molar-refractivity contribution in [3.63, 3.8) is 0 Å². The van der Waals surface area contributed by atoms with E-state index in [-0.39, 0.29) is 0 Å². The summed E-state index contributed by atoms with van der Waals surface area (Å²) in [5.41, 5.74) is 0. The molecule has 0 fully saturated rings. The number of rotatable bonds is 3. The molecule has 0 aromatic heterocycles. The summed E-state index contributed by atoms with van der Waals surface area (Å²) in [6.07, 6.45) is -2.18. The SMILES string of the molecule is CC(O)C(C)O.CCOC(=O)C(C)O. The molecule has 3 atom stereocenters. The summed E-state index contributed by atoms with van der Waals surface area (Å²) in [6.45, 7) is 6.48. The van der Waals surface area contributed by atoms with E-state index >= 15 is 0 Å². The average molecular weight is 208 g/mol. The van der Waals surface area contributed by atoms with Crippen LogP contribution in [0.1, 0.15) is 27.7 Å². The van der Waals surface area contributed by atoms with Crippen LogP contribution in [0.3, 0.4) is 0 Å². The quantitative estimate of drug-likeness (QED) is 0.553. The Bertz CT molecular complexity index is 136. The molecule has 0 radical (unpaired) electrons. The molecule has 0 heterocycles. The molecule has 0 aliphatic carbocycles. The summed E-state index contributed by atoms with van der Waals surface area (Å²) in [5.74, 6) is -0.562. The second-order valence-electron chi connectivity index (χ2n) is 2.91. The number of esters is 1. The average Bonchev–Trinajstić information content (AvgIpc) is 2.05. The van der Waals surface area contributed by atoms with Crippen LogP contribution in [-0.4, -0.2) is 46.2 Å². The van der Waals surface area contributed by atoms with Crippen LogP contribution in [0.2, 0.25) is 0 Å². The van der Waals surface area contributed by atoms with E-state index in [0.717, 1.165) is 0 Å². The summed E-state index contributed by atoms with van der Waals surface area (Å²) in [6, 6.07) is 0. The van der Waals surface area contributed by atoms with Gasteiger partial charge in [0.25, 0.3) is 0 Å². The lowest BCUT2D eigenvalue weighted by Crippen LogP contribution is -2.18. The number of ether oxygens (including phenoxy) is 1. The molecule has 3 N–H and O–H groups in total. The van der Waals surface area contributed by atoms with Crippen molar-refractivity contribution in [2.75, 3.05) is 6.61 Å². The van der Waals surface area contributed by atoms with Crippen LogP contribution in [0, 0.1) is 0 Å². The molecule has 86 valence electrons. The largest absolute Gasteiger partial charge is 0.464 e. The van der Waals surface area contributed by atoms with Crippen LogP contribution in [0.5, 0.6) is 0 Å². The maximum Gasteiger partial charge on any atom is 0.334 e. The van der Waals surface area contributed by atoms with Crippen LogP contribution in [0.25, 0.3) is 0 Å². The Hall–Kier alpha value is -0.650. The Labute approximate surface area is 84.3 Å². The standard InChI is InChI=1S/C5H10O3.C4H10O2/c1-3-8-5(7)4(2)6;1-3(5)4(2)6/h4,6H,3H2,1-2H3;3-6H,1-2H3. The topological polar surface area (TPSA) is 87.0 Å². The normalized spacial score (nSPS) is 15.9. The van der Waals surface area contributed by atoms with Gasteiger partial charge in [0.1, 0.15) is 6.10 Å². The smallest absolute Gasteiger partial charge is 0.334 e. The minimum atomic E-state index is -0.991. The van der Waals surface area contributed by atoms with E-state index in [1.807, 2.05) is 0 Å². The first-order chi connectivity index (χ1) is 6.32. The van der Waals surface area contributed by atoms with E-state index in [2.05, 4.69) is 4.74 Å². The van der Waals surface area contributed by atoms with Crippen molar-refractivity contribution < 1.29 is 24.9 Å². The Kier molecular flexibility index (Phi) is 10.1. The van der Waals surface area contributed by atoms with E-state index in [9.17, 15) is 4.79 Å². The Morgan fingerprint density at radius 2 is 1.50 bits per heavy atom. The molecule has 14 heavy (non-hydrogen) atoms. The molecule has 0 amide bonds. The minimum Gasteiger partial charge on any atom is -0.464 e. The Morgan fingerprint density at radius 1 is 1.14 bits per heavy atom. The van der Waals surface area contributed by atoms with Gasteiger partial charge >= 0.3 is 5.97 Å². The third kappa shape index (κ3) is 11.4. The zero-order valence-electron chi connectivity index (χ0n) is 9.10. The third-order valence-corrected chi connectivity index (χ3v) is 1.33. The first-order valence-electron chi connectivity index (χ1n) is 4.53. The van der Waals surface area contributed by atoms with Crippen molar-refractivity contribution in [1.82, 2.24) is 0 Å². The monoisotopic (exact) mass is 208 g/mol. The number of hydrogen-bond acceptors (Lipinski definition) is 5. The first kappa shape index (κ1) is 15.8. The van der Waals surface area contributed by atoms with Crippen molar-refractivity contribution in [2.45, 2.75) is 46.0 Å². The van der Waals surface area contributed by atoms with Gasteiger partial charge in [0.15, 0.2) is 0 Å². The Balaban J connectivity index is 0. The van der Waals surface area contributed by atoms with Gasteiger partial charge in [0.2, 0.25) is 0 Å². The van der Waals surface area contributed by atoms with Gasteiger partial charge in [-0.25, -0.2) is 4.79 Å². The van der Waals surface area contributed by atoms with Crippen molar-refractivity contribution in [3.8, 4) is 0 Å². The number of carbonyl (C=O) groups is 1. The van der Waals surface area contributed by atoms with Crippen molar-refractivity contribution in [1.29, 1.82) is 0 Å². The molecule has 0 rings (SSSR count). The molecule has 3 unspecified atom stereocenters. The maximum absolute atomic E-state index is 10.3. The number of carbonyl (C=O) groups excluding carboxylic acids is 1. The van der Waals surface area contributed by atoms with Crippen LogP contribution in [0.4, 0.5) is 0 Å². The lowest BCUT2D eigenvalue weighted by molar-refractivity contribution is -0.151. The van der Waals surface area contributed by atoms with Crippen LogP contribution in [-0.2, 0) is 9.53 Å². The number of aliphatic hydroxyl groups excluding tert-OH is 3. The van der Waals surface area contributed by atoms with Crippen LogP contribution in [0.15, 0.2) is 0 Å². The Morgan fingerprint density at radius 3 is 1.57 bits per heavy atom. The summed E-state index contributed by atoms with van der Waals surface area (Å²) in [5, 5.41) is 25.2. The summed E-state index contributed by atoms with van der Waals surface area (Å²) >= 11 is 0. The second kappa shape index (κ2) is 8.93. The summed E-state index contributed by atoms with van der Waals surface area (Å²) in [7, 11) is 0. The zero-order valence-corrected chi connectivity index (χ0v) is 9.10. The number of hydrogen-bond donors (Lipinski definition) is 3. The van der Waals surface area contributed by atoms with E-state index in [0.29, 0.717) is 6.61 Å². The van der Waals surface area contributed by atoms with Gasteiger partial charge in [-0.1, -0.05) is 0 Å². The minimum absolute atomic E-state index is 0.323. The molecule has 0 aromatic carbocycles. The van der Waals surface area contributed by atoms with Crippen LogP contribution >= 0.6 is 0 Å². The molecule has 0 saturated carbocycles. The van der Waals surface area contributed by atoms with Gasteiger partial charge in [0.05, 0.1) is 18.8 Å². The molecule has 0 bridgehead atoms. The van der Waals surface area contributed by atoms with E-state index in [1.54, 1.807) is 20.8 Å². The van der Waals surface area contributed by atoms with E-state index in [1.165, 1.54) is 6.92 Å². The van der Waals surface area contributed by atoms with Gasteiger partial charge in [0, 0.05) is 0 Å². The fourth-order valence-corrected chi connectivity index (χ4v) is 0.263. The van der Waals surface area contributed by atoms with Crippen molar-refractivity contribution in [2.24, 2.45) is 0 Å². The highest BCUT2D eigenvalue weighted by molar-refractivity contribution is 5.73. The fourth-order valence-electron chi connectivity index (χ4n) is 0.263. The van der Waals surface area contributed by atoms with Gasteiger partial charge in [-0.15, -0.1) is 0 Å². The lowest BCUT2D eigenvalue weighted by Gasteiger charge is -2.03. The van der Waals surface area contributed by atoms with Gasteiger partial charge in [-0.3, -0.25) is 0 Å². The highest BCUT2D eigenvalue weighted by Crippen LogP contribution is 1.85. The highest BCUT2D eigenvalue weighted by atomic mass is 16.5. The van der Waals surface area contributed by atoms with E-state index < -0.39 is 24.3 Å². The predicted octanol–water partition coefficient (Wildman–Crippen LogP) is -0.322. The first-order valence-corrected chi connectivity index (χ1v) is 4.53. The third-order valence-electron chi connectivity index (χ3n) is 1.33. The number of aliphatic hydroxyl groups is 3. The van der Waals surface area contributed by atoms with E-state index in [4.69, 9.17) is 15.3 Å². The van der Waals surface area contributed by atoms with Crippen LogP contribution < -0.4 is 0 Å². The molecular weight excluding hydrogens is 188 g/mol. The molecule has 5 heteroatoms. The molecule has 0 spiro atoms. The highest BCUT2D eigenvalue weighted by Gasteiger charge is 2.07.